The normalized spacial score (nSPS) is 15.2. The lowest BCUT2D eigenvalue weighted by Crippen LogP contribution is -2.34. The monoisotopic (exact) mass is 218 g/mol. The van der Waals surface area contributed by atoms with E-state index in [0.717, 1.165) is 22.9 Å². The predicted molar refractivity (Wildman–Crippen MR) is 66.2 cm³/mol. The predicted octanol–water partition coefficient (Wildman–Crippen LogP) is 2.11. The van der Waals surface area contributed by atoms with E-state index in [4.69, 9.17) is 5.73 Å². The second-order valence-corrected chi connectivity index (χ2v) is 4.27. The van der Waals surface area contributed by atoms with Gasteiger partial charge in [0.05, 0.1) is 0 Å². The summed E-state index contributed by atoms with van der Waals surface area (Å²) >= 11 is 0. The first-order valence-electron chi connectivity index (χ1n) is 5.69. The molecule has 2 rings (SSSR count). The maximum atomic E-state index is 10.5. The molecule has 0 aliphatic carbocycles. The van der Waals surface area contributed by atoms with E-state index in [1.807, 2.05) is 30.5 Å². The quantitative estimate of drug-likeness (QED) is 0.736. The lowest BCUT2D eigenvalue weighted by atomic mass is 9.89. The summed E-state index contributed by atoms with van der Waals surface area (Å²) in [6.07, 6.45) is 3.51. The summed E-state index contributed by atoms with van der Waals surface area (Å²) in [5, 5.41) is 11.6. The minimum Gasteiger partial charge on any atom is -0.384 e. The van der Waals surface area contributed by atoms with Gasteiger partial charge in [-0.1, -0.05) is 19.4 Å². The van der Waals surface area contributed by atoms with Gasteiger partial charge in [-0.25, -0.2) is 0 Å². The van der Waals surface area contributed by atoms with E-state index in [1.165, 1.54) is 0 Å². The number of fused-ring (bicyclic) bond motifs is 1. The van der Waals surface area contributed by atoms with Crippen molar-refractivity contribution < 1.29 is 5.11 Å². The molecule has 1 unspecified atom stereocenters. The van der Waals surface area contributed by atoms with Crippen molar-refractivity contribution in [3.05, 3.63) is 36.0 Å². The lowest BCUT2D eigenvalue weighted by molar-refractivity contribution is 0.0361. The molecule has 0 amide bonds. The molecule has 0 fully saturated rings. The van der Waals surface area contributed by atoms with Crippen LogP contribution in [0, 0.1) is 0 Å². The van der Waals surface area contributed by atoms with Crippen LogP contribution in [0.25, 0.3) is 10.9 Å². The third-order valence-corrected chi connectivity index (χ3v) is 3.09. The first kappa shape index (κ1) is 11.2. The Morgan fingerprint density at radius 1 is 1.38 bits per heavy atom. The molecule has 0 aliphatic rings. The Bertz CT molecular complexity index is 477. The molecule has 1 heterocycles. The van der Waals surface area contributed by atoms with Gasteiger partial charge in [0.15, 0.2) is 0 Å². The molecule has 3 heteroatoms. The second kappa shape index (κ2) is 4.28. The van der Waals surface area contributed by atoms with Crippen LogP contribution in [-0.4, -0.2) is 16.6 Å². The van der Waals surface area contributed by atoms with Gasteiger partial charge < -0.3 is 15.8 Å². The van der Waals surface area contributed by atoms with Crippen molar-refractivity contribution in [2.45, 2.75) is 25.4 Å². The third-order valence-electron chi connectivity index (χ3n) is 3.09. The number of rotatable bonds is 4. The first-order chi connectivity index (χ1) is 7.69. The summed E-state index contributed by atoms with van der Waals surface area (Å²) in [5.41, 5.74) is 6.79. The Hall–Kier alpha value is -1.32. The molecule has 0 saturated carbocycles. The van der Waals surface area contributed by atoms with Gasteiger partial charge in [-0.05, 0) is 35.6 Å². The van der Waals surface area contributed by atoms with Gasteiger partial charge in [0, 0.05) is 18.3 Å². The van der Waals surface area contributed by atoms with E-state index in [9.17, 15) is 5.11 Å². The van der Waals surface area contributed by atoms with Gasteiger partial charge in [0.1, 0.15) is 5.60 Å². The van der Waals surface area contributed by atoms with E-state index in [1.54, 1.807) is 0 Å². The summed E-state index contributed by atoms with van der Waals surface area (Å²) < 4.78 is 0. The highest BCUT2D eigenvalue weighted by Crippen LogP contribution is 2.27. The fraction of sp³-hybridized carbons (Fsp3) is 0.385. The van der Waals surface area contributed by atoms with Crippen LogP contribution in [-0.2, 0) is 5.60 Å². The summed E-state index contributed by atoms with van der Waals surface area (Å²) in [5.74, 6) is 0. The van der Waals surface area contributed by atoms with Gasteiger partial charge in [-0.2, -0.15) is 0 Å². The van der Waals surface area contributed by atoms with Crippen LogP contribution in [0.1, 0.15) is 25.3 Å². The van der Waals surface area contributed by atoms with Crippen molar-refractivity contribution in [2.75, 3.05) is 6.54 Å². The molecule has 0 bridgehead atoms. The molecule has 0 radical (unpaired) electrons. The van der Waals surface area contributed by atoms with Crippen LogP contribution >= 0.6 is 0 Å². The van der Waals surface area contributed by atoms with Crippen molar-refractivity contribution in [3.63, 3.8) is 0 Å². The first-order valence-corrected chi connectivity index (χ1v) is 5.69. The van der Waals surface area contributed by atoms with Crippen molar-refractivity contribution in [1.29, 1.82) is 0 Å². The Morgan fingerprint density at radius 2 is 2.19 bits per heavy atom. The van der Waals surface area contributed by atoms with Crippen LogP contribution in [0.2, 0.25) is 0 Å². The summed E-state index contributed by atoms with van der Waals surface area (Å²) in [4.78, 5) is 3.14. The smallest absolute Gasteiger partial charge is 0.102 e. The van der Waals surface area contributed by atoms with Gasteiger partial charge in [0.2, 0.25) is 0 Å². The topological polar surface area (TPSA) is 62.0 Å². The van der Waals surface area contributed by atoms with Crippen LogP contribution < -0.4 is 5.73 Å². The number of nitrogens with two attached hydrogens (primary N) is 1. The number of benzene rings is 1. The number of nitrogens with one attached hydrogen (secondary N) is 1. The van der Waals surface area contributed by atoms with E-state index < -0.39 is 5.60 Å². The van der Waals surface area contributed by atoms with E-state index in [-0.39, 0.29) is 6.54 Å². The van der Waals surface area contributed by atoms with Crippen LogP contribution in [0.4, 0.5) is 0 Å². The van der Waals surface area contributed by atoms with Crippen LogP contribution in [0.5, 0.6) is 0 Å². The highest BCUT2D eigenvalue weighted by atomic mass is 16.3. The SMILES string of the molecule is CCCC(O)(CN)c1ccc2[nH]ccc2c1. The van der Waals surface area contributed by atoms with E-state index >= 15 is 0 Å². The van der Waals surface area contributed by atoms with Crippen molar-refractivity contribution >= 4 is 10.9 Å². The molecule has 0 aliphatic heterocycles. The summed E-state index contributed by atoms with van der Waals surface area (Å²) in [6, 6.07) is 7.94. The number of aliphatic hydroxyl groups is 1. The van der Waals surface area contributed by atoms with Crippen molar-refractivity contribution in [1.82, 2.24) is 4.98 Å². The molecule has 2 aromatic rings. The van der Waals surface area contributed by atoms with E-state index in [0.29, 0.717) is 6.42 Å². The number of H-pyrrole nitrogens is 1. The van der Waals surface area contributed by atoms with Gasteiger partial charge in [-0.3, -0.25) is 0 Å². The molecule has 0 saturated heterocycles. The Morgan fingerprint density at radius 3 is 2.88 bits per heavy atom. The van der Waals surface area contributed by atoms with Crippen molar-refractivity contribution in [2.24, 2.45) is 5.73 Å². The molecule has 4 N–H and O–H groups in total. The molecule has 0 spiro atoms. The molecule has 1 aromatic carbocycles. The Balaban J connectivity index is 2.44. The fourth-order valence-electron chi connectivity index (χ4n) is 2.12. The fourth-order valence-corrected chi connectivity index (χ4v) is 2.12. The van der Waals surface area contributed by atoms with Crippen LogP contribution in [0.3, 0.4) is 0 Å². The van der Waals surface area contributed by atoms with Crippen molar-refractivity contribution in [3.8, 4) is 0 Å². The molecule has 3 nitrogen and oxygen atoms in total. The Kier molecular flexibility index (Phi) is 2.99. The number of aromatic amines is 1. The average molecular weight is 218 g/mol. The maximum Gasteiger partial charge on any atom is 0.102 e. The zero-order valence-corrected chi connectivity index (χ0v) is 9.53. The standard InChI is InChI=1S/C13H18N2O/c1-2-6-13(16,9-14)11-3-4-12-10(8-11)5-7-15-12/h3-5,7-8,15-16H,2,6,9,14H2,1H3. The molecular weight excluding hydrogens is 200 g/mol. The second-order valence-electron chi connectivity index (χ2n) is 4.27. The molecule has 86 valence electrons. The van der Waals surface area contributed by atoms with E-state index in [2.05, 4.69) is 11.9 Å². The molecule has 1 atom stereocenters. The summed E-state index contributed by atoms with van der Waals surface area (Å²) in [7, 11) is 0. The Labute approximate surface area is 95.3 Å². The number of aromatic nitrogens is 1. The average Bonchev–Trinajstić information content (AvgIpc) is 2.76. The largest absolute Gasteiger partial charge is 0.384 e. The highest BCUT2D eigenvalue weighted by Gasteiger charge is 2.26. The lowest BCUT2D eigenvalue weighted by Gasteiger charge is -2.26. The van der Waals surface area contributed by atoms with Gasteiger partial charge >= 0.3 is 0 Å². The zero-order valence-electron chi connectivity index (χ0n) is 9.53. The highest BCUT2D eigenvalue weighted by molar-refractivity contribution is 5.80. The molecular formula is C13H18N2O. The summed E-state index contributed by atoms with van der Waals surface area (Å²) in [6.45, 7) is 2.31. The van der Waals surface area contributed by atoms with Crippen LogP contribution in [0.15, 0.2) is 30.5 Å². The minimum absolute atomic E-state index is 0.261. The number of hydrogen-bond donors (Lipinski definition) is 3. The third kappa shape index (κ3) is 1.84. The minimum atomic E-state index is -0.889. The molecule has 16 heavy (non-hydrogen) atoms. The van der Waals surface area contributed by atoms with Gasteiger partial charge in [0.25, 0.3) is 0 Å². The van der Waals surface area contributed by atoms with Gasteiger partial charge in [-0.15, -0.1) is 0 Å². The number of hydrogen-bond acceptors (Lipinski definition) is 2. The zero-order chi connectivity index (χ0) is 11.6. The molecule has 1 aromatic heterocycles. The maximum absolute atomic E-state index is 10.5.